The van der Waals surface area contributed by atoms with Gasteiger partial charge >= 0.3 is 0 Å². The van der Waals surface area contributed by atoms with E-state index in [-0.39, 0.29) is 18.5 Å². The van der Waals surface area contributed by atoms with Crippen LogP contribution in [0.1, 0.15) is 37.7 Å². The van der Waals surface area contributed by atoms with Crippen molar-refractivity contribution in [1.82, 2.24) is 20.1 Å². The lowest BCUT2D eigenvalue weighted by Crippen LogP contribution is -2.40. The molecule has 0 bridgehead atoms. The minimum Gasteiger partial charge on any atom is -0.352 e. The molecule has 1 unspecified atom stereocenters. The first-order valence-corrected chi connectivity index (χ1v) is 8.39. The molecule has 0 aromatic carbocycles. The number of fused-ring (bicyclic) bond motifs is 1. The van der Waals surface area contributed by atoms with E-state index in [1.54, 1.807) is 17.1 Å². The number of rotatable bonds is 3. The summed E-state index contributed by atoms with van der Waals surface area (Å²) in [6.45, 7) is 2.22. The van der Waals surface area contributed by atoms with Crippen LogP contribution in [0.25, 0.3) is 11.0 Å². The Morgan fingerprint density at radius 1 is 1.43 bits per heavy atom. The average molecular weight is 313 g/mol. The predicted molar refractivity (Wildman–Crippen MR) is 87.7 cm³/mol. The Hall–Kier alpha value is -1.95. The number of nitrogens with zero attached hydrogens (tertiary/aromatic N) is 3. The summed E-state index contributed by atoms with van der Waals surface area (Å²) in [5.41, 5.74) is 8.29. The van der Waals surface area contributed by atoms with Gasteiger partial charge in [0.2, 0.25) is 5.91 Å². The highest BCUT2D eigenvalue weighted by molar-refractivity contribution is 5.80. The maximum Gasteiger partial charge on any atom is 0.242 e. The summed E-state index contributed by atoms with van der Waals surface area (Å²) in [5.74, 6) is 0.0124. The molecule has 2 fully saturated rings. The van der Waals surface area contributed by atoms with Gasteiger partial charge in [0.05, 0.1) is 6.20 Å². The quantitative estimate of drug-likeness (QED) is 0.899. The summed E-state index contributed by atoms with van der Waals surface area (Å²) in [6.07, 6.45) is 9.10. The van der Waals surface area contributed by atoms with Crippen LogP contribution < -0.4 is 11.1 Å². The molecule has 1 atom stereocenters. The Kier molecular flexibility index (Phi) is 3.37. The maximum atomic E-state index is 12.3. The van der Waals surface area contributed by atoms with Gasteiger partial charge in [0.15, 0.2) is 5.65 Å². The number of carbonyl (C=O) groups excluding carboxylic acids is 1. The van der Waals surface area contributed by atoms with Gasteiger partial charge in [-0.3, -0.25) is 4.79 Å². The lowest BCUT2D eigenvalue weighted by molar-refractivity contribution is -0.122. The van der Waals surface area contributed by atoms with Crippen LogP contribution in [0.2, 0.25) is 0 Å². The summed E-state index contributed by atoms with van der Waals surface area (Å²) in [4.78, 5) is 16.7. The van der Waals surface area contributed by atoms with Crippen LogP contribution in [-0.2, 0) is 11.3 Å². The molecule has 0 saturated heterocycles. The van der Waals surface area contributed by atoms with Crippen molar-refractivity contribution in [2.45, 2.75) is 57.7 Å². The molecule has 1 spiro atoms. The number of aromatic nitrogens is 3. The first kappa shape index (κ1) is 14.6. The fourth-order valence-electron chi connectivity index (χ4n) is 3.90. The van der Waals surface area contributed by atoms with Crippen molar-refractivity contribution in [2.24, 2.45) is 11.1 Å². The number of carbonyl (C=O) groups is 1. The Labute approximate surface area is 135 Å². The first-order chi connectivity index (χ1) is 11.1. The fraction of sp³-hybridized carbons (Fsp3) is 0.588. The van der Waals surface area contributed by atoms with Crippen LogP contribution in [0.4, 0.5) is 0 Å². The summed E-state index contributed by atoms with van der Waals surface area (Å²) in [6, 6.07) is 2.70. The summed E-state index contributed by atoms with van der Waals surface area (Å²) >= 11 is 0. The second-order valence-corrected chi connectivity index (χ2v) is 7.24. The van der Waals surface area contributed by atoms with Crippen LogP contribution in [0.5, 0.6) is 0 Å². The van der Waals surface area contributed by atoms with Gasteiger partial charge in [0.1, 0.15) is 6.54 Å². The number of pyridine rings is 1. The van der Waals surface area contributed by atoms with Gasteiger partial charge in [-0.1, -0.05) is 0 Å². The van der Waals surface area contributed by atoms with E-state index in [2.05, 4.69) is 15.4 Å². The largest absolute Gasteiger partial charge is 0.352 e. The van der Waals surface area contributed by atoms with Crippen molar-refractivity contribution in [1.29, 1.82) is 0 Å². The first-order valence-electron chi connectivity index (χ1n) is 8.39. The minimum atomic E-state index is 0.0124. The number of hydrogen-bond donors (Lipinski definition) is 2. The van der Waals surface area contributed by atoms with Gasteiger partial charge in [0, 0.05) is 23.7 Å². The van der Waals surface area contributed by atoms with E-state index in [0.29, 0.717) is 11.5 Å². The van der Waals surface area contributed by atoms with E-state index in [1.165, 1.54) is 0 Å². The molecule has 2 aliphatic rings. The van der Waals surface area contributed by atoms with Crippen molar-refractivity contribution in [3.05, 3.63) is 24.0 Å². The molecule has 2 saturated carbocycles. The highest BCUT2D eigenvalue weighted by atomic mass is 16.2. The van der Waals surface area contributed by atoms with Crippen molar-refractivity contribution < 1.29 is 4.79 Å². The third-order valence-electron chi connectivity index (χ3n) is 5.51. The molecule has 2 aromatic rings. The lowest BCUT2D eigenvalue weighted by Gasteiger charge is -2.29. The van der Waals surface area contributed by atoms with Gasteiger partial charge in [-0.25, -0.2) is 9.67 Å². The number of amides is 1. The SMILES string of the molecule is Cc1cnc2c(cnn2CC(=O)NC2CCC3(CC2)CC3N)c1. The molecular weight excluding hydrogens is 290 g/mol. The van der Waals surface area contributed by atoms with Crippen molar-refractivity contribution >= 4 is 16.9 Å². The predicted octanol–water partition coefficient (Wildman–Crippen LogP) is 1.52. The normalized spacial score (nSPS) is 29.8. The average Bonchev–Trinajstić information content (AvgIpc) is 2.97. The van der Waals surface area contributed by atoms with E-state index in [0.717, 1.165) is 48.7 Å². The molecule has 6 heteroatoms. The van der Waals surface area contributed by atoms with Crippen LogP contribution in [0, 0.1) is 12.3 Å². The second-order valence-electron chi connectivity index (χ2n) is 7.24. The molecule has 3 N–H and O–H groups in total. The highest BCUT2D eigenvalue weighted by Gasteiger charge is 2.52. The molecule has 2 aromatic heterocycles. The molecule has 6 nitrogen and oxygen atoms in total. The lowest BCUT2D eigenvalue weighted by atomic mass is 9.83. The molecule has 0 radical (unpaired) electrons. The van der Waals surface area contributed by atoms with E-state index in [9.17, 15) is 4.79 Å². The molecule has 2 heterocycles. The number of hydrogen-bond acceptors (Lipinski definition) is 4. The smallest absolute Gasteiger partial charge is 0.242 e. The maximum absolute atomic E-state index is 12.3. The van der Waals surface area contributed by atoms with Crippen LogP contribution >= 0.6 is 0 Å². The van der Waals surface area contributed by atoms with E-state index in [1.807, 2.05) is 13.0 Å². The molecule has 4 rings (SSSR count). The molecule has 0 aliphatic heterocycles. The van der Waals surface area contributed by atoms with Gasteiger partial charge < -0.3 is 11.1 Å². The Bertz CT molecular complexity index is 745. The Balaban J connectivity index is 1.36. The molecule has 1 amide bonds. The van der Waals surface area contributed by atoms with Gasteiger partial charge in [-0.05, 0) is 56.1 Å². The molecular formula is C17H23N5O. The Morgan fingerprint density at radius 2 is 2.17 bits per heavy atom. The zero-order valence-electron chi connectivity index (χ0n) is 13.5. The highest BCUT2D eigenvalue weighted by Crippen LogP contribution is 2.54. The van der Waals surface area contributed by atoms with Gasteiger partial charge in [-0.15, -0.1) is 0 Å². The summed E-state index contributed by atoms with van der Waals surface area (Å²) < 4.78 is 1.67. The van der Waals surface area contributed by atoms with Crippen LogP contribution in [-0.4, -0.2) is 32.8 Å². The Morgan fingerprint density at radius 3 is 2.87 bits per heavy atom. The van der Waals surface area contributed by atoms with E-state index < -0.39 is 0 Å². The van der Waals surface area contributed by atoms with Crippen molar-refractivity contribution in [2.75, 3.05) is 0 Å². The third kappa shape index (κ3) is 2.72. The second kappa shape index (κ2) is 5.30. The van der Waals surface area contributed by atoms with E-state index in [4.69, 9.17) is 5.73 Å². The molecule has 122 valence electrons. The summed E-state index contributed by atoms with van der Waals surface area (Å²) in [5, 5.41) is 8.41. The van der Waals surface area contributed by atoms with Crippen molar-refractivity contribution in [3.8, 4) is 0 Å². The minimum absolute atomic E-state index is 0.0124. The van der Waals surface area contributed by atoms with E-state index >= 15 is 0 Å². The molecule has 2 aliphatic carbocycles. The number of aryl methyl sites for hydroxylation is 1. The summed E-state index contributed by atoms with van der Waals surface area (Å²) in [7, 11) is 0. The number of nitrogens with two attached hydrogens (primary N) is 1. The fourth-order valence-corrected chi connectivity index (χ4v) is 3.90. The van der Waals surface area contributed by atoms with Crippen LogP contribution in [0.3, 0.4) is 0 Å². The van der Waals surface area contributed by atoms with Gasteiger partial charge in [0.25, 0.3) is 0 Å². The standard InChI is InChI=1S/C17H23N5O/c1-11-6-12-9-20-22(16(12)19-8-11)10-15(23)21-13-2-4-17(5-3-13)7-14(17)18/h6,8-9,13-14H,2-5,7,10,18H2,1H3,(H,21,23). The topological polar surface area (TPSA) is 85.8 Å². The third-order valence-corrected chi connectivity index (χ3v) is 5.51. The van der Waals surface area contributed by atoms with Crippen LogP contribution in [0.15, 0.2) is 18.5 Å². The zero-order chi connectivity index (χ0) is 16.0. The monoisotopic (exact) mass is 313 g/mol. The zero-order valence-corrected chi connectivity index (χ0v) is 13.5. The van der Waals surface area contributed by atoms with Gasteiger partial charge in [-0.2, -0.15) is 5.10 Å². The molecule has 23 heavy (non-hydrogen) atoms. The number of nitrogens with one attached hydrogen (secondary N) is 1. The van der Waals surface area contributed by atoms with Crippen molar-refractivity contribution in [3.63, 3.8) is 0 Å².